The third kappa shape index (κ3) is 27.8. The number of rotatable bonds is 49. The number of carbonyl (C=O) groups is 2. The summed E-state index contributed by atoms with van der Waals surface area (Å²) in [5.41, 5.74) is 1.57. The number of ether oxygens (including phenoxy) is 5. The van der Waals surface area contributed by atoms with Gasteiger partial charge >= 0.3 is 5.97 Å². The zero-order valence-electron chi connectivity index (χ0n) is 61.7. The van der Waals surface area contributed by atoms with E-state index in [1.54, 1.807) is 19.2 Å². The molecule has 5 unspecified atom stereocenters. The second kappa shape index (κ2) is 47.0. The Kier molecular flexibility index (Phi) is 41.2. The van der Waals surface area contributed by atoms with Gasteiger partial charge in [0.25, 0.3) is 0 Å². The fourth-order valence-corrected chi connectivity index (χ4v) is 18.7. The lowest BCUT2D eigenvalue weighted by Crippen LogP contribution is -2.54. The minimum atomic E-state index is -0.517. The van der Waals surface area contributed by atoms with Crippen LogP contribution in [0.1, 0.15) is 368 Å². The van der Waals surface area contributed by atoms with Gasteiger partial charge in [-0.2, -0.15) is 0 Å². The number of carbonyl (C=O) groups excluding carboxylic acids is 2. The fourth-order valence-electron chi connectivity index (χ4n) is 18.7. The first-order valence-electron chi connectivity index (χ1n) is 40.2. The number of benzene rings is 1. The molecule has 528 valence electrons. The first-order chi connectivity index (χ1) is 44.4. The maximum absolute atomic E-state index is 14.1. The van der Waals surface area contributed by atoms with Crippen molar-refractivity contribution in [1.82, 2.24) is 4.90 Å². The lowest BCUT2D eigenvalue weighted by molar-refractivity contribution is -0.269. The van der Waals surface area contributed by atoms with Gasteiger partial charge in [0.1, 0.15) is 0 Å². The smallest absolute Gasteiger partial charge is 0.338 e. The molecule has 1 aromatic rings. The average Bonchev–Trinajstić information content (AvgIpc) is 1.71. The summed E-state index contributed by atoms with van der Waals surface area (Å²) in [7, 11) is 3.66. The second-order valence-corrected chi connectivity index (χ2v) is 31.4. The highest BCUT2D eigenvalue weighted by Crippen LogP contribution is 2.68. The molecule has 0 bridgehead atoms. The quantitative estimate of drug-likeness (QED) is 0.0475. The zero-order valence-corrected chi connectivity index (χ0v) is 61.7. The van der Waals surface area contributed by atoms with E-state index in [-0.39, 0.29) is 18.0 Å². The third-order valence-electron chi connectivity index (χ3n) is 24.9. The van der Waals surface area contributed by atoms with Gasteiger partial charge in [-0.15, -0.1) is 0 Å². The van der Waals surface area contributed by atoms with Crippen molar-refractivity contribution in [2.24, 2.45) is 58.2 Å². The minimum Gasteiger partial charge on any atom is -0.453 e. The molecule has 5 fully saturated rings. The second-order valence-electron chi connectivity index (χ2n) is 31.4. The summed E-state index contributed by atoms with van der Waals surface area (Å²) >= 11 is 0. The minimum absolute atomic E-state index is 0.116. The van der Waals surface area contributed by atoms with Crippen molar-refractivity contribution in [3.63, 3.8) is 0 Å². The lowest BCUT2D eigenvalue weighted by atomic mass is 9.44. The Hall–Kier alpha value is -2.00. The van der Waals surface area contributed by atoms with Crippen molar-refractivity contribution in [3.8, 4) is 0 Å². The maximum atomic E-state index is 14.1. The van der Waals surface area contributed by atoms with Crippen molar-refractivity contribution in [2.45, 2.75) is 382 Å². The van der Waals surface area contributed by atoms with E-state index >= 15 is 0 Å². The number of fused-ring (bicyclic) bond motifs is 5. The Morgan fingerprint density at radius 1 is 0.560 bits per heavy atom. The molecule has 5 aliphatic rings. The summed E-state index contributed by atoms with van der Waals surface area (Å²) in [6.45, 7) is 22.4. The highest BCUT2D eigenvalue weighted by atomic mass is 16.7. The molecule has 14 atom stereocenters. The Morgan fingerprint density at radius 3 is 1.55 bits per heavy atom. The van der Waals surface area contributed by atoms with Crippen LogP contribution in [0.5, 0.6) is 0 Å². The molecule has 1 aliphatic heterocycles. The summed E-state index contributed by atoms with van der Waals surface area (Å²) in [5.74, 6) is 5.73. The number of nitrogens with zero attached hydrogens (tertiary/aromatic N) is 1. The molecular formula is C83H149NO7. The van der Waals surface area contributed by atoms with Crippen molar-refractivity contribution < 1.29 is 33.3 Å². The van der Waals surface area contributed by atoms with Gasteiger partial charge in [-0.25, -0.2) is 4.79 Å². The maximum Gasteiger partial charge on any atom is 0.338 e. The van der Waals surface area contributed by atoms with Crippen LogP contribution in [0.4, 0.5) is 0 Å². The largest absolute Gasteiger partial charge is 0.453 e. The van der Waals surface area contributed by atoms with Crippen LogP contribution in [0.15, 0.2) is 30.3 Å². The van der Waals surface area contributed by atoms with Gasteiger partial charge in [0, 0.05) is 52.9 Å². The SMILES string of the molecule is CCC1O[C@H](OCCCCCOC)C(OC(=O)c2ccccc2)[C@@H](C)[C@@H]1C.CCCCCCCCCCCCCCCCCCN(CCCCCCCCCCCCCCCCCC)C(=O)CC[C@@H](C)[C@H]1CCC2C3CC[C@@H]4C[C@H](OC)CC[C@]4(C)C3CC[C@@]21C. The normalized spacial score (nSPS) is 28.1. The number of methoxy groups -OCH3 is 2. The Balaban J connectivity index is 0.000000462. The molecule has 0 radical (unpaired) electrons. The van der Waals surface area contributed by atoms with Crippen molar-refractivity contribution in [3.05, 3.63) is 35.9 Å². The first kappa shape index (κ1) is 79.7. The van der Waals surface area contributed by atoms with Crippen LogP contribution in [-0.2, 0) is 28.5 Å². The molecule has 4 saturated carbocycles. The summed E-state index contributed by atoms with van der Waals surface area (Å²) in [6.07, 6.45) is 63.0. The number of hydrogen-bond acceptors (Lipinski definition) is 7. The van der Waals surface area contributed by atoms with E-state index in [0.717, 1.165) is 87.8 Å². The standard InChI is InChI=1S/C61H115NO2.C22H34O5/c1-7-9-11-13-15-17-19-21-23-25-27-29-31-33-35-37-49-62(50-38-36-34-32-30-28-26-24-22-20-18-16-14-12-10-8-2)59(63)44-39-52(3)56-42-43-57-55-41-40-53-51-54(64-6)45-47-60(53,4)58(55)46-48-61(56,57)5;1-5-19-16(2)17(3)20(27-21(23)18-12-8-6-9-13-18)22(26-19)25-15-11-7-10-14-24-4/h52-58H,7-51H2,1-6H3;6,8-9,12-13,16-17,19-20,22H,5,7,10-11,14-15H2,1-4H3/t52-,53-,54-,55?,56-,57?,58?,60+,61-;16-,17-,19?,20?,22-/m10/s1. The lowest BCUT2D eigenvalue weighted by Gasteiger charge is -2.61. The average molecular weight is 1270 g/mol. The van der Waals surface area contributed by atoms with E-state index in [0.29, 0.717) is 46.8 Å². The van der Waals surface area contributed by atoms with Crippen LogP contribution in [0.2, 0.25) is 0 Å². The summed E-state index contributed by atoms with van der Waals surface area (Å²) in [5, 5.41) is 0. The van der Waals surface area contributed by atoms with Crippen LogP contribution in [0.25, 0.3) is 0 Å². The van der Waals surface area contributed by atoms with Gasteiger partial charge in [-0.3, -0.25) is 4.79 Å². The van der Waals surface area contributed by atoms with E-state index in [2.05, 4.69) is 60.3 Å². The number of hydrogen-bond donors (Lipinski definition) is 0. The Bertz CT molecular complexity index is 1930. The molecule has 6 rings (SSSR count). The molecule has 0 spiro atoms. The zero-order chi connectivity index (χ0) is 65.4. The topological polar surface area (TPSA) is 83.5 Å². The van der Waals surface area contributed by atoms with Gasteiger partial charge in [0.05, 0.1) is 17.8 Å². The molecule has 1 aromatic carbocycles. The molecule has 8 heteroatoms. The monoisotopic (exact) mass is 1270 g/mol. The molecule has 91 heavy (non-hydrogen) atoms. The van der Waals surface area contributed by atoms with Gasteiger partial charge in [-0.05, 0) is 167 Å². The van der Waals surface area contributed by atoms with Gasteiger partial charge in [0.2, 0.25) is 5.91 Å². The molecule has 1 heterocycles. The number of amides is 1. The van der Waals surface area contributed by atoms with Crippen molar-refractivity contribution >= 4 is 11.9 Å². The summed E-state index contributed by atoms with van der Waals surface area (Å²) in [4.78, 5) is 29.0. The predicted molar refractivity (Wildman–Crippen MR) is 385 cm³/mol. The van der Waals surface area contributed by atoms with Crippen molar-refractivity contribution in [1.29, 1.82) is 0 Å². The van der Waals surface area contributed by atoms with Crippen LogP contribution in [-0.4, -0.2) is 81.9 Å². The van der Waals surface area contributed by atoms with Gasteiger partial charge in [0.15, 0.2) is 12.4 Å². The predicted octanol–water partition coefficient (Wildman–Crippen LogP) is 23.9. The van der Waals surface area contributed by atoms with Crippen LogP contribution >= 0.6 is 0 Å². The van der Waals surface area contributed by atoms with Crippen LogP contribution in [0.3, 0.4) is 0 Å². The van der Waals surface area contributed by atoms with E-state index in [4.69, 9.17) is 23.7 Å². The molecule has 0 aromatic heterocycles. The van der Waals surface area contributed by atoms with E-state index in [9.17, 15) is 9.59 Å². The summed E-state index contributed by atoms with van der Waals surface area (Å²) < 4.78 is 29.0. The molecule has 1 amide bonds. The highest BCUT2D eigenvalue weighted by Gasteiger charge is 2.60. The van der Waals surface area contributed by atoms with Crippen LogP contribution < -0.4 is 0 Å². The van der Waals surface area contributed by atoms with E-state index in [1.807, 2.05) is 25.3 Å². The Morgan fingerprint density at radius 2 is 1.04 bits per heavy atom. The van der Waals surface area contributed by atoms with Gasteiger partial charge < -0.3 is 28.6 Å². The first-order valence-corrected chi connectivity index (χ1v) is 40.2. The third-order valence-corrected chi connectivity index (χ3v) is 24.9. The summed E-state index contributed by atoms with van der Waals surface area (Å²) in [6, 6.07) is 9.08. The van der Waals surface area contributed by atoms with E-state index in [1.165, 1.54) is 263 Å². The highest BCUT2D eigenvalue weighted by molar-refractivity contribution is 5.89. The van der Waals surface area contributed by atoms with Crippen molar-refractivity contribution in [2.75, 3.05) is 40.5 Å². The number of unbranched alkanes of at least 4 members (excludes halogenated alkanes) is 32. The van der Waals surface area contributed by atoms with Gasteiger partial charge in [-0.1, -0.05) is 266 Å². The van der Waals surface area contributed by atoms with Crippen LogP contribution in [0, 0.1) is 58.2 Å². The fraction of sp³-hybridized carbons (Fsp3) is 0.904. The van der Waals surface area contributed by atoms with E-state index < -0.39 is 12.4 Å². The molecule has 4 aliphatic carbocycles. The molecule has 8 nitrogen and oxygen atoms in total. The molecule has 1 saturated heterocycles. The number of esters is 1. The molecular weight excluding hydrogens is 1120 g/mol. The molecule has 0 N–H and O–H groups in total. The Labute approximate surface area is 563 Å².